The molecule has 2 rings (SSSR count). The largest absolute Gasteiger partial charge is 0.326 e. The molecule has 0 spiro atoms. The minimum absolute atomic E-state index is 0.00586. The molecule has 0 aromatic heterocycles. The van der Waals surface area contributed by atoms with E-state index in [9.17, 15) is 14.9 Å². The monoisotopic (exact) mass is 248 g/mol. The summed E-state index contributed by atoms with van der Waals surface area (Å²) in [6.45, 7) is 0. The van der Waals surface area contributed by atoms with Gasteiger partial charge >= 0.3 is 0 Å². The van der Waals surface area contributed by atoms with Crippen LogP contribution in [0, 0.1) is 16.0 Å². The number of carbonyl (C=O) groups excluding carboxylic acids is 1. The molecule has 0 heterocycles. The van der Waals surface area contributed by atoms with E-state index in [0.717, 1.165) is 12.8 Å². The van der Waals surface area contributed by atoms with Gasteiger partial charge in [0.2, 0.25) is 5.91 Å². The van der Waals surface area contributed by atoms with E-state index < -0.39 is 4.92 Å². The second-order valence-electron chi connectivity index (χ2n) is 4.71. The van der Waals surface area contributed by atoms with Crippen LogP contribution in [0.4, 0.5) is 11.4 Å². The molecule has 1 fully saturated rings. The van der Waals surface area contributed by atoms with Crippen molar-refractivity contribution in [3.05, 3.63) is 34.4 Å². The molecule has 0 saturated heterocycles. The maximum absolute atomic E-state index is 11.8. The molecule has 1 aliphatic rings. The highest BCUT2D eigenvalue weighted by molar-refractivity contribution is 5.91. The van der Waals surface area contributed by atoms with Crippen molar-refractivity contribution in [2.45, 2.75) is 32.1 Å². The van der Waals surface area contributed by atoms with Crippen LogP contribution in [0.1, 0.15) is 32.1 Å². The Labute approximate surface area is 105 Å². The Kier molecular flexibility index (Phi) is 3.92. The first kappa shape index (κ1) is 12.5. The molecule has 0 aliphatic heterocycles. The van der Waals surface area contributed by atoms with Gasteiger partial charge in [-0.1, -0.05) is 18.9 Å². The highest BCUT2D eigenvalue weighted by atomic mass is 16.6. The summed E-state index contributed by atoms with van der Waals surface area (Å²) in [6, 6.07) is 6.03. The maximum atomic E-state index is 11.8. The van der Waals surface area contributed by atoms with Gasteiger partial charge in [0, 0.05) is 24.2 Å². The normalized spacial score (nSPS) is 15.6. The van der Waals surface area contributed by atoms with Crippen LogP contribution in [-0.2, 0) is 4.79 Å². The minimum Gasteiger partial charge on any atom is -0.326 e. The maximum Gasteiger partial charge on any atom is 0.271 e. The first-order valence-electron chi connectivity index (χ1n) is 6.19. The number of non-ortho nitro benzene ring substituents is 1. The standard InChI is InChI=1S/C13H16N2O3/c16-13(8-10-4-1-2-5-10)14-11-6-3-7-12(9-11)15(17)18/h3,6-7,9-10H,1-2,4-5,8H2,(H,14,16). The van der Waals surface area contributed by atoms with Crippen molar-refractivity contribution in [2.75, 3.05) is 5.32 Å². The Bertz CT molecular complexity index is 453. The fourth-order valence-electron chi connectivity index (χ4n) is 2.39. The van der Waals surface area contributed by atoms with Gasteiger partial charge in [-0.15, -0.1) is 0 Å². The van der Waals surface area contributed by atoms with Crippen molar-refractivity contribution in [1.82, 2.24) is 0 Å². The predicted octanol–water partition coefficient (Wildman–Crippen LogP) is 3.11. The molecule has 1 amide bonds. The third-order valence-electron chi connectivity index (χ3n) is 3.29. The Morgan fingerprint density at radius 2 is 2.11 bits per heavy atom. The fourth-order valence-corrected chi connectivity index (χ4v) is 2.39. The van der Waals surface area contributed by atoms with Crippen LogP contribution in [0.15, 0.2) is 24.3 Å². The number of rotatable bonds is 4. The molecule has 1 N–H and O–H groups in total. The van der Waals surface area contributed by atoms with E-state index in [1.807, 2.05) is 0 Å². The first-order valence-corrected chi connectivity index (χ1v) is 6.19. The highest BCUT2D eigenvalue weighted by Gasteiger charge is 2.18. The number of hydrogen-bond acceptors (Lipinski definition) is 3. The molecule has 0 radical (unpaired) electrons. The molecule has 0 unspecified atom stereocenters. The van der Waals surface area contributed by atoms with Crippen molar-refractivity contribution in [3.8, 4) is 0 Å². The van der Waals surface area contributed by atoms with Crippen LogP contribution in [0.2, 0.25) is 0 Å². The summed E-state index contributed by atoms with van der Waals surface area (Å²) in [7, 11) is 0. The molecular formula is C13H16N2O3. The van der Waals surface area contributed by atoms with Gasteiger partial charge in [-0.25, -0.2) is 0 Å². The zero-order chi connectivity index (χ0) is 13.0. The molecule has 96 valence electrons. The number of nitrogens with one attached hydrogen (secondary N) is 1. The summed E-state index contributed by atoms with van der Waals surface area (Å²) in [5.74, 6) is 0.422. The third kappa shape index (κ3) is 3.29. The number of amides is 1. The number of carbonyl (C=O) groups is 1. The Balaban J connectivity index is 1.93. The number of nitro groups is 1. The number of nitrogens with zero attached hydrogens (tertiary/aromatic N) is 1. The van der Waals surface area contributed by atoms with E-state index in [-0.39, 0.29) is 11.6 Å². The van der Waals surface area contributed by atoms with Crippen LogP contribution >= 0.6 is 0 Å². The van der Waals surface area contributed by atoms with Crippen LogP contribution in [0.25, 0.3) is 0 Å². The van der Waals surface area contributed by atoms with Gasteiger partial charge in [-0.3, -0.25) is 14.9 Å². The minimum atomic E-state index is -0.466. The molecule has 1 aromatic rings. The second-order valence-corrected chi connectivity index (χ2v) is 4.71. The summed E-state index contributed by atoms with van der Waals surface area (Å²) in [4.78, 5) is 21.9. The molecular weight excluding hydrogens is 232 g/mol. The molecule has 5 nitrogen and oxygen atoms in total. The van der Waals surface area contributed by atoms with E-state index in [2.05, 4.69) is 5.32 Å². The van der Waals surface area contributed by atoms with Crippen LogP contribution in [0.3, 0.4) is 0 Å². The second kappa shape index (κ2) is 5.62. The Hall–Kier alpha value is -1.91. The van der Waals surface area contributed by atoms with E-state index in [1.54, 1.807) is 12.1 Å². The molecule has 1 aliphatic carbocycles. The van der Waals surface area contributed by atoms with E-state index in [0.29, 0.717) is 18.0 Å². The molecule has 18 heavy (non-hydrogen) atoms. The van der Waals surface area contributed by atoms with Crippen LogP contribution < -0.4 is 5.32 Å². The van der Waals surface area contributed by atoms with Crippen molar-refractivity contribution in [2.24, 2.45) is 5.92 Å². The van der Waals surface area contributed by atoms with Crippen LogP contribution in [0.5, 0.6) is 0 Å². The van der Waals surface area contributed by atoms with E-state index >= 15 is 0 Å². The average molecular weight is 248 g/mol. The average Bonchev–Trinajstić information content (AvgIpc) is 2.82. The Morgan fingerprint density at radius 1 is 1.39 bits per heavy atom. The Morgan fingerprint density at radius 3 is 2.78 bits per heavy atom. The lowest BCUT2D eigenvalue weighted by Gasteiger charge is -2.09. The number of nitro benzene ring substituents is 1. The molecule has 0 bridgehead atoms. The third-order valence-corrected chi connectivity index (χ3v) is 3.29. The smallest absolute Gasteiger partial charge is 0.271 e. The van der Waals surface area contributed by atoms with Gasteiger partial charge in [0.1, 0.15) is 0 Å². The van der Waals surface area contributed by atoms with Crippen molar-refractivity contribution in [1.29, 1.82) is 0 Å². The summed E-state index contributed by atoms with van der Waals surface area (Å²) < 4.78 is 0. The van der Waals surface area contributed by atoms with Gasteiger partial charge in [0.25, 0.3) is 5.69 Å². The fraction of sp³-hybridized carbons (Fsp3) is 0.462. The molecule has 0 atom stereocenters. The van der Waals surface area contributed by atoms with E-state index in [4.69, 9.17) is 0 Å². The van der Waals surface area contributed by atoms with Crippen LogP contribution in [-0.4, -0.2) is 10.8 Å². The van der Waals surface area contributed by atoms with Gasteiger partial charge < -0.3 is 5.32 Å². The zero-order valence-corrected chi connectivity index (χ0v) is 10.1. The number of anilines is 1. The zero-order valence-electron chi connectivity index (χ0n) is 10.1. The predicted molar refractivity (Wildman–Crippen MR) is 68.3 cm³/mol. The molecule has 1 saturated carbocycles. The SMILES string of the molecule is O=C(CC1CCCC1)Nc1cccc([N+](=O)[O-])c1. The topological polar surface area (TPSA) is 72.2 Å². The lowest BCUT2D eigenvalue weighted by atomic mass is 10.0. The summed E-state index contributed by atoms with van der Waals surface area (Å²) in [5.41, 5.74) is 0.487. The van der Waals surface area contributed by atoms with Gasteiger partial charge in [-0.05, 0) is 24.8 Å². The first-order chi connectivity index (χ1) is 8.65. The molecule has 5 heteroatoms. The van der Waals surface area contributed by atoms with Gasteiger partial charge in [0.05, 0.1) is 4.92 Å². The number of benzene rings is 1. The lowest BCUT2D eigenvalue weighted by Crippen LogP contribution is -2.15. The van der Waals surface area contributed by atoms with Crippen molar-refractivity contribution in [3.63, 3.8) is 0 Å². The van der Waals surface area contributed by atoms with Crippen molar-refractivity contribution < 1.29 is 9.72 Å². The van der Waals surface area contributed by atoms with Gasteiger partial charge in [0.15, 0.2) is 0 Å². The summed E-state index contributed by atoms with van der Waals surface area (Å²) >= 11 is 0. The highest BCUT2D eigenvalue weighted by Crippen LogP contribution is 2.28. The number of hydrogen-bond donors (Lipinski definition) is 1. The van der Waals surface area contributed by atoms with E-state index in [1.165, 1.54) is 25.0 Å². The quantitative estimate of drug-likeness (QED) is 0.657. The molecule has 1 aromatic carbocycles. The van der Waals surface area contributed by atoms with Crippen molar-refractivity contribution >= 4 is 17.3 Å². The lowest BCUT2D eigenvalue weighted by molar-refractivity contribution is -0.384. The summed E-state index contributed by atoms with van der Waals surface area (Å²) in [5, 5.41) is 13.3. The van der Waals surface area contributed by atoms with Gasteiger partial charge in [-0.2, -0.15) is 0 Å². The summed E-state index contributed by atoms with van der Waals surface area (Å²) in [6.07, 6.45) is 5.15.